The summed E-state index contributed by atoms with van der Waals surface area (Å²) in [5.41, 5.74) is 2.79. The van der Waals surface area contributed by atoms with Crippen LogP contribution in [0, 0.1) is 5.82 Å². The Hall–Kier alpha value is -2.37. The summed E-state index contributed by atoms with van der Waals surface area (Å²) >= 11 is 0. The standard InChI is InChI=1S/C14H14FN5/c1-8(2)11-7-17-12-14(18-11)20(3)13(19-12)10-5-4-9(15)6-16-10/h4-8H,1-3H3. The van der Waals surface area contributed by atoms with E-state index in [1.165, 1.54) is 12.3 Å². The lowest BCUT2D eigenvalue weighted by molar-refractivity contribution is 0.621. The van der Waals surface area contributed by atoms with E-state index in [0.717, 1.165) is 5.69 Å². The van der Waals surface area contributed by atoms with Gasteiger partial charge in [-0.1, -0.05) is 13.8 Å². The van der Waals surface area contributed by atoms with Crippen molar-refractivity contribution >= 4 is 11.3 Å². The number of pyridine rings is 1. The first-order valence-electron chi connectivity index (χ1n) is 6.37. The zero-order valence-electron chi connectivity index (χ0n) is 11.5. The molecule has 0 aliphatic carbocycles. The highest BCUT2D eigenvalue weighted by Crippen LogP contribution is 2.21. The summed E-state index contributed by atoms with van der Waals surface area (Å²) in [7, 11) is 1.86. The first-order chi connectivity index (χ1) is 9.56. The average Bonchev–Trinajstić information content (AvgIpc) is 2.76. The molecule has 0 fully saturated rings. The summed E-state index contributed by atoms with van der Waals surface area (Å²) in [5.74, 6) is 0.556. The summed E-state index contributed by atoms with van der Waals surface area (Å²) in [5, 5.41) is 0. The molecule has 0 atom stereocenters. The van der Waals surface area contributed by atoms with Crippen molar-refractivity contribution in [2.75, 3.05) is 0 Å². The molecule has 0 aliphatic rings. The minimum absolute atomic E-state index is 0.300. The lowest BCUT2D eigenvalue weighted by Gasteiger charge is -2.04. The molecule has 3 aromatic rings. The molecular formula is C14H14FN5. The van der Waals surface area contributed by atoms with Crippen molar-refractivity contribution in [1.29, 1.82) is 0 Å². The van der Waals surface area contributed by atoms with E-state index in [0.29, 0.717) is 28.7 Å². The maximum Gasteiger partial charge on any atom is 0.198 e. The fourth-order valence-corrected chi connectivity index (χ4v) is 1.98. The Kier molecular flexibility index (Phi) is 2.93. The first-order valence-corrected chi connectivity index (χ1v) is 6.37. The van der Waals surface area contributed by atoms with Gasteiger partial charge in [0.05, 0.1) is 18.1 Å². The van der Waals surface area contributed by atoms with Gasteiger partial charge in [-0.15, -0.1) is 0 Å². The molecule has 0 radical (unpaired) electrons. The van der Waals surface area contributed by atoms with Gasteiger partial charge in [0.2, 0.25) is 0 Å². The molecule has 0 aliphatic heterocycles. The van der Waals surface area contributed by atoms with Crippen LogP contribution in [0.15, 0.2) is 24.5 Å². The molecule has 0 N–H and O–H groups in total. The summed E-state index contributed by atoms with van der Waals surface area (Å²) in [6.45, 7) is 4.13. The quantitative estimate of drug-likeness (QED) is 0.719. The molecule has 5 nitrogen and oxygen atoms in total. The van der Waals surface area contributed by atoms with Crippen molar-refractivity contribution in [3.63, 3.8) is 0 Å². The van der Waals surface area contributed by atoms with Crippen LogP contribution < -0.4 is 0 Å². The third kappa shape index (κ3) is 2.03. The summed E-state index contributed by atoms with van der Waals surface area (Å²) < 4.78 is 14.8. The fraction of sp³-hybridized carbons (Fsp3) is 0.286. The van der Waals surface area contributed by atoms with Crippen LogP contribution in [0.25, 0.3) is 22.8 Å². The van der Waals surface area contributed by atoms with Gasteiger partial charge in [-0.2, -0.15) is 0 Å². The SMILES string of the molecule is CC(C)c1cnc2nc(-c3ccc(F)cn3)n(C)c2n1. The minimum atomic E-state index is -0.370. The van der Waals surface area contributed by atoms with Crippen molar-refractivity contribution < 1.29 is 4.39 Å². The summed E-state index contributed by atoms with van der Waals surface area (Å²) in [4.78, 5) is 17.4. The third-order valence-corrected chi connectivity index (χ3v) is 3.15. The van der Waals surface area contributed by atoms with E-state index >= 15 is 0 Å². The van der Waals surface area contributed by atoms with Crippen molar-refractivity contribution in [2.24, 2.45) is 7.05 Å². The van der Waals surface area contributed by atoms with Gasteiger partial charge < -0.3 is 4.57 Å². The van der Waals surface area contributed by atoms with E-state index in [9.17, 15) is 4.39 Å². The van der Waals surface area contributed by atoms with Crippen LogP contribution in [-0.2, 0) is 7.05 Å². The molecule has 20 heavy (non-hydrogen) atoms. The Morgan fingerprint density at radius 1 is 1.10 bits per heavy atom. The van der Waals surface area contributed by atoms with Crippen LogP contribution in [0.5, 0.6) is 0 Å². The Labute approximate surface area is 115 Å². The zero-order valence-corrected chi connectivity index (χ0v) is 11.5. The van der Waals surface area contributed by atoms with Crippen LogP contribution in [0.3, 0.4) is 0 Å². The molecule has 102 valence electrons. The molecule has 0 amide bonds. The second kappa shape index (κ2) is 4.63. The first kappa shape index (κ1) is 12.7. The van der Waals surface area contributed by atoms with Gasteiger partial charge in [0.15, 0.2) is 17.1 Å². The second-order valence-corrected chi connectivity index (χ2v) is 4.95. The number of aromatic nitrogens is 5. The maximum atomic E-state index is 12.9. The molecule has 3 heterocycles. The highest BCUT2D eigenvalue weighted by molar-refractivity contribution is 5.72. The lowest BCUT2D eigenvalue weighted by Crippen LogP contribution is -1.99. The van der Waals surface area contributed by atoms with Crippen molar-refractivity contribution in [2.45, 2.75) is 19.8 Å². The van der Waals surface area contributed by atoms with Gasteiger partial charge in [-0.25, -0.2) is 24.3 Å². The van der Waals surface area contributed by atoms with E-state index in [1.807, 2.05) is 11.6 Å². The predicted molar refractivity (Wildman–Crippen MR) is 73.6 cm³/mol. The third-order valence-electron chi connectivity index (χ3n) is 3.15. The number of imidazole rings is 1. The van der Waals surface area contributed by atoms with Gasteiger partial charge >= 0.3 is 0 Å². The summed E-state index contributed by atoms with van der Waals surface area (Å²) in [6, 6.07) is 2.96. The van der Waals surface area contributed by atoms with Crippen LogP contribution in [0.2, 0.25) is 0 Å². The Bertz CT molecular complexity index is 761. The van der Waals surface area contributed by atoms with Crippen molar-refractivity contribution in [3.05, 3.63) is 36.0 Å². The highest BCUT2D eigenvalue weighted by atomic mass is 19.1. The molecule has 0 bridgehead atoms. The van der Waals surface area contributed by atoms with E-state index in [1.54, 1.807) is 12.3 Å². The van der Waals surface area contributed by atoms with Crippen molar-refractivity contribution in [1.82, 2.24) is 24.5 Å². The minimum Gasteiger partial charge on any atom is -0.309 e. The molecule has 0 aromatic carbocycles. The molecule has 0 saturated carbocycles. The summed E-state index contributed by atoms with van der Waals surface area (Å²) in [6.07, 6.45) is 2.91. The van der Waals surface area contributed by atoms with Crippen LogP contribution in [0.4, 0.5) is 4.39 Å². The van der Waals surface area contributed by atoms with E-state index in [-0.39, 0.29) is 5.82 Å². The number of hydrogen-bond acceptors (Lipinski definition) is 4. The molecule has 3 rings (SSSR count). The lowest BCUT2D eigenvalue weighted by atomic mass is 10.1. The highest BCUT2D eigenvalue weighted by Gasteiger charge is 2.14. The van der Waals surface area contributed by atoms with Crippen LogP contribution in [-0.4, -0.2) is 24.5 Å². The molecule has 0 saturated heterocycles. The Morgan fingerprint density at radius 3 is 2.55 bits per heavy atom. The largest absolute Gasteiger partial charge is 0.309 e. The number of halogens is 1. The monoisotopic (exact) mass is 271 g/mol. The molecule has 6 heteroatoms. The smallest absolute Gasteiger partial charge is 0.198 e. The van der Waals surface area contributed by atoms with E-state index < -0.39 is 0 Å². The number of fused-ring (bicyclic) bond motifs is 1. The van der Waals surface area contributed by atoms with Gasteiger partial charge in [0, 0.05) is 7.05 Å². The molecule has 0 spiro atoms. The number of aryl methyl sites for hydroxylation is 1. The van der Waals surface area contributed by atoms with Gasteiger partial charge in [-0.3, -0.25) is 0 Å². The van der Waals surface area contributed by atoms with Crippen LogP contribution >= 0.6 is 0 Å². The molecule has 0 unspecified atom stereocenters. The normalized spacial score (nSPS) is 11.4. The number of hydrogen-bond donors (Lipinski definition) is 0. The Morgan fingerprint density at radius 2 is 1.90 bits per heavy atom. The average molecular weight is 271 g/mol. The van der Waals surface area contributed by atoms with Crippen LogP contribution in [0.1, 0.15) is 25.5 Å². The molecule has 3 aromatic heterocycles. The van der Waals surface area contributed by atoms with E-state index in [2.05, 4.69) is 33.8 Å². The maximum absolute atomic E-state index is 12.9. The van der Waals surface area contributed by atoms with Gasteiger partial charge in [0.1, 0.15) is 11.5 Å². The Balaban J connectivity index is 2.17. The van der Waals surface area contributed by atoms with Gasteiger partial charge in [0.25, 0.3) is 0 Å². The number of rotatable bonds is 2. The predicted octanol–water partition coefficient (Wildman–Crippen LogP) is 2.69. The van der Waals surface area contributed by atoms with Gasteiger partial charge in [-0.05, 0) is 18.1 Å². The molecular weight excluding hydrogens is 257 g/mol. The topological polar surface area (TPSA) is 56.5 Å². The second-order valence-electron chi connectivity index (χ2n) is 4.95. The van der Waals surface area contributed by atoms with E-state index in [4.69, 9.17) is 0 Å². The fourth-order valence-electron chi connectivity index (χ4n) is 1.98. The number of nitrogens with zero attached hydrogens (tertiary/aromatic N) is 5. The van der Waals surface area contributed by atoms with Crippen molar-refractivity contribution in [3.8, 4) is 11.5 Å². The zero-order chi connectivity index (χ0) is 14.3.